The molecule has 2 rings (SSSR count). The molecule has 6 nitrogen and oxygen atoms in total. The number of carbonyl (C=O) groups is 2. The highest BCUT2D eigenvalue weighted by atomic mass is 32.2. The highest BCUT2D eigenvalue weighted by Gasteiger charge is 2.38. The van der Waals surface area contributed by atoms with Gasteiger partial charge in [0.15, 0.2) is 10.8 Å². The van der Waals surface area contributed by atoms with E-state index in [4.69, 9.17) is 4.74 Å². The van der Waals surface area contributed by atoms with E-state index in [2.05, 4.69) is 0 Å². The van der Waals surface area contributed by atoms with Crippen molar-refractivity contribution < 1.29 is 44.9 Å². The molecule has 0 saturated carbocycles. The lowest BCUT2D eigenvalue weighted by Gasteiger charge is -2.22. The van der Waals surface area contributed by atoms with Gasteiger partial charge in [-0.2, -0.15) is 13.2 Å². The van der Waals surface area contributed by atoms with Crippen LogP contribution in [0.3, 0.4) is 0 Å². The molecule has 0 fully saturated rings. The van der Waals surface area contributed by atoms with E-state index in [1.54, 1.807) is 5.32 Å². The fraction of sp³-hybridized carbons (Fsp3) is 0.176. The Morgan fingerprint density at radius 2 is 1.67 bits per heavy atom. The Morgan fingerprint density at radius 3 is 2.17 bits per heavy atom. The largest absolute Gasteiger partial charge is 0.475 e. The fourth-order valence-corrected chi connectivity index (χ4v) is 2.93. The summed E-state index contributed by atoms with van der Waals surface area (Å²) in [5.74, 6) is -5.39. The molecule has 1 atom stereocenters. The molecule has 0 aromatic heterocycles. The average molecular weight is 454 g/mol. The standard InChI is InChI=1S/C17H12F6N2O4S/c1-29-8-25(13-6-5-9(7-12(13)20)30(28)17(21,22)23)16(27)24-15(26)14-10(18)3-2-4-11(14)19/h2-7H,8H2,1H3,(H,24,26,27). The predicted octanol–water partition coefficient (Wildman–Crippen LogP) is 3.69. The summed E-state index contributed by atoms with van der Waals surface area (Å²) in [5.41, 5.74) is -6.84. The summed E-state index contributed by atoms with van der Waals surface area (Å²) in [5, 5.41) is 1.63. The molecule has 0 bridgehead atoms. The average Bonchev–Trinajstić information content (AvgIpc) is 2.64. The minimum Gasteiger partial charge on any atom is -0.364 e. The van der Waals surface area contributed by atoms with E-state index in [1.165, 1.54) is 0 Å². The highest BCUT2D eigenvalue weighted by Crippen LogP contribution is 2.29. The lowest BCUT2D eigenvalue weighted by Crippen LogP contribution is -2.44. The summed E-state index contributed by atoms with van der Waals surface area (Å²) in [6.45, 7) is -0.683. The predicted molar refractivity (Wildman–Crippen MR) is 92.4 cm³/mol. The van der Waals surface area contributed by atoms with E-state index in [-0.39, 0.29) is 0 Å². The van der Waals surface area contributed by atoms with Crippen molar-refractivity contribution >= 4 is 28.4 Å². The van der Waals surface area contributed by atoms with E-state index in [0.717, 1.165) is 25.3 Å². The number of halogens is 6. The topological polar surface area (TPSA) is 75.7 Å². The number of urea groups is 1. The molecule has 0 spiro atoms. The number of imide groups is 1. The van der Waals surface area contributed by atoms with Crippen molar-refractivity contribution in [2.75, 3.05) is 18.7 Å². The second-order valence-electron chi connectivity index (χ2n) is 5.53. The van der Waals surface area contributed by atoms with Gasteiger partial charge in [-0.3, -0.25) is 15.0 Å². The van der Waals surface area contributed by atoms with Gasteiger partial charge in [-0.25, -0.2) is 22.2 Å². The number of anilines is 1. The van der Waals surface area contributed by atoms with Crippen LogP contribution >= 0.6 is 0 Å². The zero-order valence-electron chi connectivity index (χ0n) is 14.9. The molecule has 0 heterocycles. The van der Waals surface area contributed by atoms with Crippen molar-refractivity contribution in [1.82, 2.24) is 5.32 Å². The molecule has 0 saturated heterocycles. The SMILES string of the molecule is COCN(C(=O)NC(=O)c1c(F)cccc1F)c1ccc(S(=O)C(F)(F)F)cc1F. The third-order valence-electron chi connectivity index (χ3n) is 3.55. The fourth-order valence-electron chi connectivity index (χ4n) is 2.26. The van der Waals surface area contributed by atoms with Crippen LogP contribution in [0.2, 0.25) is 0 Å². The molecule has 1 N–H and O–H groups in total. The number of methoxy groups -OCH3 is 1. The first kappa shape index (κ1) is 23.3. The van der Waals surface area contributed by atoms with Crippen LogP contribution in [0.25, 0.3) is 0 Å². The molecule has 3 amide bonds. The minimum atomic E-state index is -5.13. The lowest BCUT2D eigenvalue weighted by molar-refractivity contribution is -0.0384. The Morgan fingerprint density at radius 1 is 1.07 bits per heavy atom. The Kier molecular flexibility index (Phi) is 7.21. The number of rotatable bonds is 5. The summed E-state index contributed by atoms with van der Waals surface area (Å²) >= 11 is 0. The summed E-state index contributed by atoms with van der Waals surface area (Å²) in [4.78, 5) is 23.9. The van der Waals surface area contributed by atoms with Crippen LogP contribution in [0.5, 0.6) is 0 Å². The second kappa shape index (κ2) is 9.26. The van der Waals surface area contributed by atoms with Crippen molar-refractivity contribution in [3.63, 3.8) is 0 Å². The zero-order valence-corrected chi connectivity index (χ0v) is 15.7. The molecular weight excluding hydrogens is 442 g/mol. The first-order chi connectivity index (χ1) is 14.0. The number of amides is 3. The molecular formula is C17H12F6N2O4S. The summed E-state index contributed by atoms with van der Waals surface area (Å²) < 4.78 is 95.3. The number of hydrogen-bond donors (Lipinski definition) is 1. The second-order valence-corrected chi connectivity index (χ2v) is 7.00. The quantitative estimate of drug-likeness (QED) is 0.553. The van der Waals surface area contributed by atoms with Gasteiger partial charge in [-0.1, -0.05) is 6.07 Å². The minimum absolute atomic E-state index is 0.299. The number of hydrogen-bond acceptors (Lipinski definition) is 4. The van der Waals surface area contributed by atoms with E-state index in [1.807, 2.05) is 0 Å². The Labute approximate surface area is 167 Å². The van der Waals surface area contributed by atoms with Gasteiger partial charge >= 0.3 is 11.5 Å². The van der Waals surface area contributed by atoms with Gasteiger partial charge in [0.25, 0.3) is 5.91 Å². The molecule has 0 radical (unpaired) electrons. The maximum Gasteiger partial charge on any atom is 0.475 e. The van der Waals surface area contributed by atoms with E-state index >= 15 is 0 Å². The van der Waals surface area contributed by atoms with Crippen LogP contribution in [0, 0.1) is 17.5 Å². The zero-order chi connectivity index (χ0) is 22.6. The van der Waals surface area contributed by atoms with E-state index < -0.39 is 68.6 Å². The Bertz CT molecular complexity index is 978. The normalized spacial score (nSPS) is 12.4. The highest BCUT2D eigenvalue weighted by molar-refractivity contribution is 7.86. The van der Waals surface area contributed by atoms with Crippen molar-refractivity contribution in [2.45, 2.75) is 10.4 Å². The van der Waals surface area contributed by atoms with Gasteiger partial charge in [0, 0.05) is 7.11 Å². The molecule has 2 aromatic rings. The molecule has 30 heavy (non-hydrogen) atoms. The van der Waals surface area contributed by atoms with Gasteiger partial charge in [-0.15, -0.1) is 0 Å². The summed E-state index contributed by atoms with van der Waals surface area (Å²) in [6.07, 6.45) is 0. The third kappa shape index (κ3) is 5.16. The van der Waals surface area contributed by atoms with Crippen molar-refractivity contribution in [3.8, 4) is 0 Å². The number of nitrogens with one attached hydrogen (secondary N) is 1. The van der Waals surface area contributed by atoms with Crippen LogP contribution in [-0.2, 0) is 15.5 Å². The number of ether oxygens (including phenoxy) is 1. The van der Waals surface area contributed by atoms with Gasteiger partial charge in [0.05, 0.1) is 10.6 Å². The van der Waals surface area contributed by atoms with Crippen LogP contribution in [0.15, 0.2) is 41.3 Å². The van der Waals surface area contributed by atoms with E-state index in [0.29, 0.717) is 23.1 Å². The number of alkyl halides is 3. The Hall–Kier alpha value is -2.93. The van der Waals surface area contributed by atoms with Gasteiger partial charge < -0.3 is 4.74 Å². The lowest BCUT2D eigenvalue weighted by atomic mass is 10.2. The monoisotopic (exact) mass is 454 g/mol. The maximum atomic E-state index is 14.3. The molecule has 0 aliphatic carbocycles. The summed E-state index contributed by atoms with van der Waals surface area (Å²) in [7, 11) is -2.43. The molecule has 0 aliphatic rings. The van der Waals surface area contributed by atoms with E-state index in [9.17, 15) is 40.1 Å². The van der Waals surface area contributed by atoms with Crippen molar-refractivity contribution in [2.24, 2.45) is 0 Å². The molecule has 0 aliphatic heterocycles. The molecule has 2 aromatic carbocycles. The van der Waals surface area contributed by atoms with Gasteiger partial charge in [-0.05, 0) is 30.3 Å². The van der Waals surface area contributed by atoms with Crippen LogP contribution in [-0.4, -0.2) is 35.5 Å². The number of benzene rings is 2. The number of carbonyl (C=O) groups excluding carboxylic acids is 2. The third-order valence-corrected chi connectivity index (χ3v) is 4.65. The first-order valence-corrected chi connectivity index (χ1v) is 8.96. The Balaban J connectivity index is 2.32. The van der Waals surface area contributed by atoms with Gasteiger partial charge in [0.1, 0.15) is 29.7 Å². The van der Waals surface area contributed by atoms with Gasteiger partial charge in [0.2, 0.25) is 0 Å². The molecule has 1 unspecified atom stereocenters. The van der Waals surface area contributed by atoms with Crippen molar-refractivity contribution in [1.29, 1.82) is 0 Å². The smallest absolute Gasteiger partial charge is 0.364 e. The molecule has 13 heteroatoms. The van der Waals surface area contributed by atoms with Crippen molar-refractivity contribution in [3.05, 3.63) is 59.4 Å². The molecule has 162 valence electrons. The van der Waals surface area contributed by atoms with Crippen LogP contribution in [0.4, 0.5) is 36.8 Å². The maximum absolute atomic E-state index is 14.3. The first-order valence-electron chi connectivity index (χ1n) is 7.81. The van der Waals surface area contributed by atoms with Crippen LogP contribution in [0.1, 0.15) is 10.4 Å². The summed E-state index contributed by atoms with van der Waals surface area (Å²) in [6, 6.07) is 2.82. The number of nitrogens with zero attached hydrogens (tertiary/aromatic N) is 1. The van der Waals surface area contributed by atoms with Crippen LogP contribution < -0.4 is 10.2 Å².